The van der Waals surface area contributed by atoms with Crippen molar-refractivity contribution >= 4 is 28.2 Å². The Balaban J connectivity index is 1.61. The van der Waals surface area contributed by atoms with Crippen LogP contribution < -0.4 is 10.6 Å². The molecule has 0 radical (unpaired) electrons. The van der Waals surface area contributed by atoms with Gasteiger partial charge in [-0.15, -0.1) is 0 Å². The first kappa shape index (κ1) is 22.1. The van der Waals surface area contributed by atoms with Gasteiger partial charge in [-0.3, -0.25) is 9.78 Å². The number of carbonyl (C=O) groups is 1. The van der Waals surface area contributed by atoms with E-state index >= 15 is 0 Å². The molecule has 168 valence electrons. The molecular formula is C24H25F3N4O. The van der Waals surface area contributed by atoms with Crippen molar-refractivity contribution in [3.63, 3.8) is 0 Å². The number of alkyl halides is 3. The minimum absolute atomic E-state index is 0.0698. The van der Waals surface area contributed by atoms with Crippen LogP contribution in [-0.4, -0.2) is 41.5 Å². The van der Waals surface area contributed by atoms with Crippen molar-refractivity contribution in [3.05, 3.63) is 65.9 Å². The molecule has 1 atom stereocenters. The molecule has 0 unspecified atom stereocenters. The maximum absolute atomic E-state index is 13.4. The predicted molar refractivity (Wildman–Crippen MR) is 119 cm³/mol. The van der Waals surface area contributed by atoms with Gasteiger partial charge >= 0.3 is 6.18 Å². The molecule has 4 rings (SSSR count). The van der Waals surface area contributed by atoms with E-state index in [1.54, 1.807) is 36.4 Å². The summed E-state index contributed by atoms with van der Waals surface area (Å²) in [7, 11) is 0. The fraction of sp³-hybridized carbons (Fsp3) is 0.333. The van der Waals surface area contributed by atoms with E-state index in [4.69, 9.17) is 0 Å². The lowest BCUT2D eigenvalue weighted by molar-refractivity contribution is -0.136. The first-order valence-corrected chi connectivity index (χ1v) is 10.7. The van der Waals surface area contributed by atoms with Crippen molar-refractivity contribution < 1.29 is 18.0 Å². The summed E-state index contributed by atoms with van der Waals surface area (Å²) < 4.78 is 40.2. The van der Waals surface area contributed by atoms with E-state index in [1.807, 2.05) is 0 Å². The first-order valence-electron chi connectivity index (χ1n) is 10.7. The fourth-order valence-corrected chi connectivity index (χ4v) is 4.17. The third-order valence-electron chi connectivity index (χ3n) is 5.81. The molecule has 8 heteroatoms. The summed E-state index contributed by atoms with van der Waals surface area (Å²) in [6, 6.07) is 12.6. The van der Waals surface area contributed by atoms with Crippen LogP contribution in [0.3, 0.4) is 0 Å². The number of aromatic nitrogens is 1. The van der Waals surface area contributed by atoms with Gasteiger partial charge in [0.1, 0.15) is 0 Å². The van der Waals surface area contributed by atoms with Crippen LogP contribution in [0.4, 0.5) is 24.5 Å². The van der Waals surface area contributed by atoms with Crippen molar-refractivity contribution in [3.8, 4) is 0 Å². The Bertz CT molecular complexity index is 1120. The molecule has 3 aromatic rings. The first-order chi connectivity index (χ1) is 15.4. The third kappa shape index (κ3) is 4.70. The van der Waals surface area contributed by atoms with E-state index in [9.17, 15) is 18.0 Å². The molecule has 2 aromatic carbocycles. The minimum Gasteiger partial charge on any atom is -0.354 e. The number of hydrogen-bond donors (Lipinski definition) is 2. The van der Waals surface area contributed by atoms with Gasteiger partial charge in [0.2, 0.25) is 0 Å². The number of pyridine rings is 1. The lowest BCUT2D eigenvalue weighted by atomic mass is 10.0. The topological polar surface area (TPSA) is 57.3 Å². The Morgan fingerprint density at radius 1 is 1.12 bits per heavy atom. The van der Waals surface area contributed by atoms with Gasteiger partial charge in [-0.25, -0.2) is 0 Å². The highest BCUT2D eigenvalue weighted by Crippen LogP contribution is 2.36. The van der Waals surface area contributed by atoms with Gasteiger partial charge in [0.15, 0.2) is 0 Å². The van der Waals surface area contributed by atoms with Crippen LogP contribution in [-0.2, 0) is 6.18 Å². The molecule has 1 saturated heterocycles. The Labute approximate surface area is 184 Å². The van der Waals surface area contributed by atoms with Crippen LogP contribution in [0.25, 0.3) is 10.9 Å². The molecule has 32 heavy (non-hydrogen) atoms. The van der Waals surface area contributed by atoms with Gasteiger partial charge in [-0.1, -0.05) is 31.2 Å². The Hall–Kier alpha value is -3.13. The molecule has 1 aromatic heterocycles. The number of rotatable bonds is 5. The van der Waals surface area contributed by atoms with Crippen molar-refractivity contribution in [1.82, 2.24) is 15.2 Å². The summed E-state index contributed by atoms with van der Waals surface area (Å²) in [6.07, 6.45) is -1.21. The molecule has 0 spiro atoms. The average molecular weight is 442 g/mol. The summed E-state index contributed by atoms with van der Waals surface area (Å²) in [5.74, 6) is -0.203. The third-order valence-corrected chi connectivity index (χ3v) is 5.81. The number of fused-ring (bicyclic) bond motifs is 1. The summed E-state index contributed by atoms with van der Waals surface area (Å²) in [6.45, 7) is 4.90. The van der Waals surface area contributed by atoms with E-state index < -0.39 is 11.7 Å². The number of piperidine rings is 1. The standard InChI is InChI=1S/C24H25F3N4O/c1-2-31-14-6-7-16(15-31)29-23(32)18-8-3-4-11-20(18)30-21-12-13-28-22-17(21)9-5-10-19(22)24(25,26)27/h3-5,8-13,16H,2,6-7,14-15H2,1H3,(H,28,30)(H,29,32)/t16-/m0/s1. The molecule has 0 aliphatic carbocycles. The van der Waals surface area contributed by atoms with E-state index in [-0.39, 0.29) is 17.5 Å². The van der Waals surface area contributed by atoms with Crippen molar-refractivity contribution in [2.24, 2.45) is 0 Å². The minimum atomic E-state index is -4.50. The molecule has 0 bridgehead atoms. The van der Waals surface area contributed by atoms with E-state index in [2.05, 4.69) is 27.4 Å². The van der Waals surface area contributed by atoms with Crippen molar-refractivity contribution in [2.45, 2.75) is 32.0 Å². The number of carbonyl (C=O) groups excluding carboxylic acids is 1. The molecule has 1 fully saturated rings. The highest BCUT2D eigenvalue weighted by Gasteiger charge is 2.33. The number of nitrogens with zero attached hydrogens (tertiary/aromatic N) is 2. The molecule has 1 aliphatic rings. The molecule has 5 nitrogen and oxygen atoms in total. The highest BCUT2D eigenvalue weighted by molar-refractivity contribution is 6.02. The second-order valence-corrected chi connectivity index (χ2v) is 7.93. The smallest absolute Gasteiger partial charge is 0.354 e. The average Bonchev–Trinajstić information content (AvgIpc) is 2.78. The lowest BCUT2D eigenvalue weighted by Crippen LogP contribution is -2.47. The van der Waals surface area contributed by atoms with Crippen LogP contribution in [0, 0.1) is 0 Å². The van der Waals surface area contributed by atoms with Crippen LogP contribution >= 0.6 is 0 Å². The Morgan fingerprint density at radius 3 is 2.72 bits per heavy atom. The van der Waals surface area contributed by atoms with Gasteiger partial charge in [0.05, 0.1) is 22.3 Å². The molecule has 2 N–H and O–H groups in total. The zero-order valence-corrected chi connectivity index (χ0v) is 17.7. The van der Waals surface area contributed by atoms with Crippen molar-refractivity contribution in [2.75, 3.05) is 25.0 Å². The molecule has 1 amide bonds. The van der Waals surface area contributed by atoms with Crippen LogP contribution in [0.15, 0.2) is 54.7 Å². The van der Waals surface area contributed by atoms with E-state index in [0.717, 1.165) is 38.5 Å². The molecule has 1 aliphatic heterocycles. The number of hydrogen-bond acceptors (Lipinski definition) is 4. The van der Waals surface area contributed by atoms with Gasteiger partial charge in [0.25, 0.3) is 5.91 Å². The maximum atomic E-state index is 13.4. The number of likely N-dealkylation sites (N-methyl/N-ethyl adjacent to an activating group) is 1. The largest absolute Gasteiger partial charge is 0.418 e. The second-order valence-electron chi connectivity index (χ2n) is 7.93. The quantitative estimate of drug-likeness (QED) is 0.570. The number of likely N-dealkylation sites (tertiary alicyclic amines) is 1. The summed E-state index contributed by atoms with van der Waals surface area (Å²) in [4.78, 5) is 19.3. The number of anilines is 2. The van der Waals surface area contributed by atoms with Crippen molar-refractivity contribution in [1.29, 1.82) is 0 Å². The van der Waals surface area contributed by atoms with Gasteiger partial charge in [-0.2, -0.15) is 13.2 Å². The molecule has 2 heterocycles. The highest BCUT2D eigenvalue weighted by atomic mass is 19.4. The Kier molecular flexibility index (Phi) is 6.32. The normalized spacial score (nSPS) is 17.3. The van der Waals surface area contributed by atoms with Crippen LogP contribution in [0.5, 0.6) is 0 Å². The number of benzene rings is 2. The number of amides is 1. The van der Waals surface area contributed by atoms with E-state index in [1.165, 1.54) is 12.3 Å². The summed E-state index contributed by atoms with van der Waals surface area (Å²) in [5, 5.41) is 6.60. The van der Waals surface area contributed by atoms with Gasteiger partial charge in [-0.05, 0) is 50.2 Å². The maximum Gasteiger partial charge on any atom is 0.418 e. The zero-order chi connectivity index (χ0) is 22.7. The van der Waals surface area contributed by atoms with Crippen LogP contribution in [0.1, 0.15) is 35.7 Å². The number of para-hydroxylation sites is 2. The van der Waals surface area contributed by atoms with Gasteiger partial charge < -0.3 is 15.5 Å². The number of halogens is 3. The summed E-state index contributed by atoms with van der Waals surface area (Å²) in [5.41, 5.74) is 0.503. The lowest BCUT2D eigenvalue weighted by Gasteiger charge is -2.32. The number of nitrogens with one attached hydrogen (secondary N) is 2. The van der Waals surface area contributed by atoms with Crippen LogP contribution in [0.2, 0.25) is 0 Å². The summed E-state index contributed by atoms with van der Waals surface area (Å²) >= 11 is 0. The Morgan fingerprint density at radius 2 is 1.94 bits per heavy atom. The zero-order valence-electron chi connectivity index (χ0n) is 17.7. The predicted octanol–water partition coefficient (Wildman–Crippen LogP) is 5.21. The monoisotopic (exact) mass is 442 g/mol. The van der Waals surface area contributed by atoms with Gasteiger partial charge in [0, 0.05) is 29.9 Å². The van der Waals surface area contributed by atoms with E-state index in [0.29, 0.717) is 22.3 Å². The fourth-order valence-electron chi connectivity index (χ4n) is 4.17. The molecule has 0 saturated carbocycles. The SMILES string of the molecule is CCN1CCC[C@H](NC(=O)c2ccccc2Nc2ccnc3c(C(F)(F)F)cccc23)C1. The molecular weight excluding hydrogens is 417 g/mol. The second kappa shape index (κ2) is 9.16.